The largest absolute Gasteiger partial charge is 0.350 e. The summed E-state index contributed by atoms with van der Waals surface area (Å²) < 4.78 is 40.4. The summed E-state index contributed by atoms with van der Waals surface area (Å²) in [6.07, 6.45) is -1.33. The van der Waals surface area contributed by atoms with Gasteiger partial charge in [0.05, 0.1) is 28.7 Å². The highest BCUT2D eigenvalue weighted by Crippen LogP contribution is 2.38. The Labute approximate surface area is 182 Å². The van der Waals surface area contributed by atoms with Crippen LogP contribution in [0.2, 0.25) is 10.0 Å². The van der Waals surface area contributed by atoms with Crippen LogP contribution in [-0.4, -0.2) is 56.0 Å². The molecule has 0 radical (unpaired) electrons. The minimum atomic E-state index is -4.41. The van der Waals surface area contributed by atoms with E-state index in [1.165, 1.54) is 12.1 Å². The molecule has 13 heteroatoms. The fourth-order valence-corrected chi connectivity index (χ4v) is 5.74. The van der Waals surface area contributed by atoms with Crippen molar-refractivity contribution in [3.63, 3.8) is 0 Å². The van der Waals surface area contributed by atoms with E-state index < -0.39 is 52.7 Å². The molecule has 2 aliphatic rings. The second-order valence-electron chi connectivity index (χ2n) is 7.07. The quantitative estimate of drug-likeness (QED) is 0.606. The molecule has 0 saturated carbocycles. The van der Waals surface area contributed by atoms with Crippen LogP contribution >= 0.6 is 23.2 Å². The molecular formula is C17H18Cl2FN5O4S. The van der Waals surface area contributed by atoms with Crippen molar-refractivity contribution in [1.29, 1.82) is 5.26 Å². The standard InChI is InChI=1S/C17H18Cl2FN5O4S/c1-8(15-12(20)2-9(5-21)6-22-15)23-14(26)7-25-17(27)24-13-4-10(18)3-11(19)16(13)30(25,28)29/h3-4,8-9,12,15,22H,2,6-7H2,1H3,(H,23,26)(H,24,27)/t8-,9?,12?,15?/m1/s1. The van der Waals surface area contributed by atoms with E-state index in [1.54, 1.807) is 6.92 Å². The Bertz CT molecular complexity index is 1030. The van der Waals surface area contributed by atoms with Gasteiger partial charge in [0.1, 0.15) is 17.6 Å². The Hall–Kier alpha value is -2.13. The number of nitrogens with zero attached hydrogens (tertiary/aromatic N) is 2. The van der Waals surface area contributed by atoms with Gasteiger partial charge >= 0.3 is 6.03 Å². The second kappa shape index (κ2) is 8.55. The van der Waals surface area contributed by atoms with Crippen molar-refractivity contribution in [2.45, 2.75) is 36.5 Å². The van der Waals surface area contributed by atoms with Gasteiger partial charge < -0.3 is 16.0 Å². The van der Waals surface area contributed by atoms with Crippen molar-refractivity contribution in [3.8, 4) is 6.07 Å². The average Bonchev–Trinajstić information content (AvgIpc) is 2.63. The number of fused-ring (bicyclic) bond motifs is 1. The summed E-state index contributed by atoms with van der Waals surface area (Å²) in [7, 11) is -4.41. The minimum absolute atomic E-state index is 0.0368. The zero-order valence-corrected chi connectivity index (χ0v) is 18.0. The number of nitrogens with one attached hydrogen (secondary N) is 3. The van der Waals surface area contributed by atoms with Crippen molar-refractivity contribution in [1.82, 2.24) is 14.9 Å². The number of urea groups is 1. The molecule has 1 aromatic carbocycles. The van der Waals surface area contributed by atoms with Crippen LogP contribution < -0.4 is 16.0 Å². The number of alkyl halides is 1. The number of hydrogen-bond donors (Lipinski definition) is 3. The normalized spacial score (nSPS) is 26.2. The molecule has 3 unspecified atom stereocenters. The Morgan fingerprint density at radius 3 is 2.80 bits per heavy atom. The van der Waals surface area contributed by atoms with E-state index >= 15 is 0 Å². The van der Waals surface area contributed by atoms with Crippen molar-refractivity contribution < 1.29 is 22.4 Å². The third-order valence-corrected chi connectivity index (χ3v) is 7.38. The first-order valence-electron chi connectivity index (χ1n) is 8.93. The Morgan fingerprint density at radius 2 is 2.17 bits per heavy atom. The van der Waals surface area contributed by atoms with Crippen LogP contribution in [0, 0.1) is 17.2 Å². The molecule has 2 heterocycles. The van der Waals surface area contributed by atoms with E-state index in [9.17, 15) is 22.4 Å². The summed E-state index contributed by atoms with van der Waals surface area (Å²) >= 11 is 11.8. The van der Waals surface area contributed by atoms with Crippen molar-refractivity contribution >= 4 is 50.9 Å². The van der Waals surface area contributed by atoms with Gasteiger partial charge in [-0.1, -0.05) is 23.2 Å². The zero-order chi connectivity index (χ0) is 22.2. The molecule has 162 valence electrons. The number of halogens is 3. The van der Waals surface area contributed by atoms with Gasteiger partial charge in [-0.05, 0) is 25.5 Å². The lowest BCUT2D eigenvalue weighted by Gasteiger charge is -2.35. The van der Waals surface area contributed by atoms with Crippen LogP contribution in [0.15, 0.2) is 17.0 Å². The molecule has 3 amide bonds. The van der Waals surface area contributed by atoms with E-state index in [0.717, 1.165) is 0 Å². The van der Waals surface area contributed by atoms with Crippen LogP contribution in [0.4, 0.5) is 14.9 Å². The number of amides is 3. The van der Waals surface area contributed by atoms with Gasteiger partial charge in [-0.3, -0.25) is 4.79 Å². The predicted molar refractivity (Wildman–Crippen MR) is 107 cm³/mol. The minimum Gasteiger partial charge on any atom is -0.350 e. The molecule has 9 nitrogen and oxygen atoms in total. The lowest BCUT2D eigenvalue weighted by atomic mass is 9.90. The Morgan fingerprint density at radius 1 is 1.47 bits per heavy atom. The summed E-state index contributed by atoms with van der Waals surface area (Å²) in [6, 6.07) is 1.94. The summed E-state index contributed by atoms with van der Waals surface area (Å²) in [5.41, 5.74) is -0.0822. The second-order valence-corrected chi connectivity index (χ2v) is 9.72. The molecule has 0 bridgehead atoms. The monoisotopic (exact) mass is 477 g/mol. The third kappa shape index (κ3) is 4.32. The summed E-state index contributed by atoms with van der Waals surface area (Å²) in [5, 5.41) is 16.6. The number of piperidine rings is 1. The van der Waals surface area contributed by atoms with Crippen LogP contribution in [-0.2, 0) is 14.8 Å². The number of carbonyl (C=O) groups excluding carboxylic acids is 2. The Balaban J connectivity index is 1.72. The molecule has 1 aromatic rings. The van der Waals surface area contributed by atoms with Crippen molar-refractivity contribution in [3.05, 3.63) is 22.2 Å². The van der Waals surface area contributed by atoms with Crippen LogP contribution in [0.5, 0.6) is 0 Å². The highest BCUT2D eigenvalue weighted by Gasteiger charge is 2.40. The molecular weight excluding hydrogens is 460 g/mol. The molecule has 0 spiro atoms. The number of carbonyl (C=O) groups is 2. The first kappa shape index (κ1) is 22.6. The number of rotatable bonds is 4. The number of anilines is 1. The van der Waals surface area contributed by atoms with Crippen molar-refractivity contribution in [2.75, 3.05) is 18.4 Å². The molecule has 1 saturated heterocycles. The Kier molecular flexibility index (Phi) is 6.43. The highest BCUT2D eigenvalue weighted by molar-refractivity contribution is 7.90. The van der Waals surface area contributed by atoms with Gasteiger partial charge in [0, 0.05) is 17.6 Å². The van der Waals surface area contributed by atoms with Crippen LogP contribution in [0.3, 0.4) is 0 Å². The first-order valence-corrected chi connectivity index (χ1v) is 11.1. The molecule has 3 rings (SSSR count). The maximum absolute atomic E-state index is 14.3. The first-order chi connectivity index (χ1) is 14.0. The summed E-state index contributed by atoms with van der Waals surface area (Å²) in [4.78, 5) is 24.4. The number of benzene rings is 1. The lowest BCUT2D eigenvalue weighted by molar-refractivity contribution is -0.121. The molecule has 2 aliphatic heterocycles. The molecule has 0 aromatic heterocycles. The van der Waals surface area contributed by atoms with Gasteiger partial charge in [-0.15, -0.1) is 0 Å². The predicted octanol–water partition coefficient (Wildman–Crippen LogP) is 1.87. The van der Waals surface area contributed by atoms with Gasteiger partial charge in [-0.2, -0.15) is 5.26 Å². The lowest BCUT2D eigenvalue weighted by Crippen LogP contribution is -2.58. The average molecular weight is 478 g/mol. The molecule has 3 N–H and O–H groups in total. The smallest absolute Gasteiger partial charge is 0.336 e. The number of sulfonamides is 1. The summed E-state index contributed by atoms with van der Waals surface area (Å²) in [5.74, 6) is -1.26. The topological polar surface area (TPSA) is 131 Å². The summed E-state index contributed by atoms with van der Waals surface area (Å²) in [6.45, 7) is 1.01. The van der Waals surface area contributed by atoms with Crippen molar-refractivity contribution in [2.24, 2.45) is 5.92 Å². The van der Waals surface area contributed by atoms with Gasteiger partial charge in [0.25, 0.3) is 10.0 Å². The maximum Gasteiger partial charge on any atom is 0.336 e. The molecule has 1 fully saturated rings. The van der Waals surface area contributed by atoms with Gasteiger partial charge in [0.15, 0.2) is 0 Å². The SMILES string of the molecule is C[C@@H](NC(=O)CN1C(=O)Nc2cc(Cl)cc(Cl)c2S1(=O)=O)C1NCC(C#N)CC1F. The van der Waals surface area contributed by atoms with Gasteiger partial charge in [0.2, 0.25) is 5.91 Å². The molecule has 30 heavy (non-hydrogen) atoms. The van der Waals surface area contributed by atoms with E-state index in [2.05, 4.69) is 16.0 Å². The maximum atomic E-state index is 14.3. The fraction of sp³-hybridized carbons (Fsp3) is 0.471. The van der Waals surface area contributed by atoms with Crippen LogP contribution in [0.1, 0.15) is 13.3 Å². The zero-order valence-electron chi connectivity index (χ0n) is 15.7. The van der Waals surface area contributed by atoms with E-state index in [4.69, 9.17) is 28.5 Å². The number of hydrogen-bond acceptors (Lipinski definition) is 6. The van der Waals surface area contributed by atoms with Gasteiger partial charge in [-0.25, -0.2) is 21.9 Å². The van der Waals surface area contributed by atoms with E-state index in [0.29, 0.717) is 4.31 Å². The number of nitriles is 1. The van der Waals surface area contributed by atoms with Crippen LogP contribution in [0.25, 0.3) is 0 Å². The third-order valence-electron chi connectivity index (χ3n) is 4.92. The van der Waals surface area contributed by atoms with E-state index in [1.807, 2.05) is 6.07 Å². The van der Waals surface area contributed by atoms with E-state index in [-0.39, 0.29) is 33.6 Å². The highest BCUT2D eigenvalue weighted by atomic mass is 35.5. The fourth-order valence-electron chi connectivity index (χ4n) is 3.49. The molecule has 0 aliphatic carbocycles. The molecule has 4 atom stereocenters.